The Morgan fingerprint density at radius 3 is 2.71 bits per heavy atom. The molecule has 2 rings (SSSR count). The van der Waals surface area contributed by atoms with Crippen LogP contribution in [0.5, 0.6) is 0 Å². The monoisotopic (exact) mass is 309 g/mol. The van der Waals surface area contributed by atoms with Gasteiger partial charge in [-0.2, -0.15) is 5.10 Å². The van der Waals surface area contributed by atoms with Gasteiger partial charge in [-0.05, 0) is 24.6 Å². The highest BCUT2D eigenvalue weighted by Crippen LogP contribution is 2.19. The first kappa shape index (κ1) is 15.2. The fourth-order valence-electron chi connectivity index (χ4n) is 1.75. The molecule has 1 aromatic heterocycles. The highest BCUT2D eigenvalue weighted by atomic mass is 35.5. The molecule has 1 amide bonds. The maximum absolute atomic E-state index is 13.0. The lowest BCUT2D eigenvalue weighted by molar-refractivity contribution is -0.133. The van der Waals surface area contributed by atoms with Gasteiger partial charge < -0.3 is 5.32 Å². The molecular weight excluding hydrogens is 297 g/mol. The van der Waals surface area contributed by atoms with Crippen molar-refractivity contribution >= 4 is 29.1 Å². The first-order valence-electron chi connectivity index (χ1n) is 6.17. The molecule has 7 heteroatoms. The number of halogens is 2. The molecule has 21 heavy (non-hydrogen) atoms. The van der Waals surface area contributed by atoms with Crippen LogP contribution in [0.2, 0.25) is 5.02 Å². The standard InChI is InChI=1S/C14H13ClFN3O2/c1-8-5-13(17-14(21)9(2)20)18-19(8)7-10-3-4-11(16)6-12(10)15/h3-6H,7H2,1-2H3,(H,17,18,21). The second kappa shape index (κ2) is 6.05. The van der Waals surface area contributed by atoms with Crippen LogP contribution in [0.1, 0.15) is 18.2 Å². The van der Waals surface area contributed by atoms with Crippen LogP contribution in [-0.2, 0) is 16.1 Å². The molecule has 1 heterocycles. The number of rotatable bonds is 4. The molecule has 0 atom stereocenters. The molecule has 0 aliphatic carbocycles. The predicted octanol–water partition coefficient (Wildman–Crippen LogP) is 2.56. The van der Waals surface area contributed by atoms with Crippen LogP contribution in [0.4, 0.5) is 10.2 Å². The number of aryl methyl sites for hydroxylation is 1. The predicted molar refractivity (Wildman–Crippen MR) is 76.8 cm³/mol. The molecule has 2 aromatic rings. The first-order valence-corrected chi connectivity index (χ1v) is 6.55. The van der Waals surface area contributed by atoms with Crippen molar-refractivity contribution in [3.8, 4) is 0 Å². The number of benzene rings is 1. The van der Waals surface area contributed by atoms with Crippen LogP contribution in [0, 0.1) is 12.7 Å². The number of ketones is 1. The van der Waals surface area contributed by atoms with Crippen LogP contribution in [-0.4, -0.2) is 21.5 Å². The molecule has 0 fully saturated rings. The van der Waals surface area contributed by atoms with E-state index in [4.69, 9.17) is 11.6 Å². The summed E-state index contributed by atoms with van der Waals surface area (Å²) >= 11 is 5.97. The summed E-state index contributed by atoms with van der Waals surface area (Å²) in [5.41, 5.74) is 1.47. The molecule has 1 N–H and O–H groups in total. The molecule has 0 aliphatic heterocycles. The van der Waals surface area contributed by atoms with E-state index in [0.717, 1.165) is 5.69 Å². The zero-order valence-electron chi connectivity index (χ0n) is 11.5. The van der Waals surface area contributed by atoms with Gasteiger partial charge in [-0.25, -0.2) is 4.39 Å². The van der Waals surface area contributed by atoms with Crippen molar-refractivity contribution < 1.29 is 14.0 Å². The minimum Gasteiger partial charge on any atom is -0.303 e. The number of hydrogen-bond donors (Lipinski definition) is 1. The Morgan fingerprint density at radius 1 is 1.38 bits per heavy atom. The van der Waals surface area contributed by atoms with Gasteiger partial charge in [-0.15, -0.1) is 0 Å². The lowest BCUT2D eigenvalue weighted by Gasteiger charge is -2.06. The van der Waals surface area contributed by atoms with E-state index in [1.807, 2.05) is 0 Å². The van der Waals surface area contributed by atoms with E-state index in [1.165, 1.54) is 19.1 Å². The summed E-state index contributed by atoms with van der Waals surface area (Å²) in [5, 5.41) is 6.87. The van der Waals surface area contributed by atoms with E-state index in [-0.39, 0.29) is 5.82 Å². The summed E-state index contributed by atoms with van der Waals surface area (Å²) in [6.45, 7) is 3.31. The second-order valence-electron chi connectivity index (χ2n) is 4.57. The summed E-state index contributed by atoms with van der Waals surface area (Å²) in [6.07, 6.45) is 0. The average Bonchev–Trinajstić information content (AvgIpc) is 2.73. The number of hydrogen-bond acceptors (Lipinski definition) is 3. The van der Waals surface area contributed by atoms with Gasteiger partial charge in [0.15, 0.2) is 5.82 Å². The van der Waals surface area contributed by atoms with Crippen LogP contribution >= 0.6 is 11.6 Å². The van der Waals surface area contributed by atoms with Crippen LogP contribution in [0.3, 0.4) is 0 Å². The molecule has 0 unspecified atom stereocenters. The second-order valence-corrected chi connectivity index (χ2v) is 4.98. The number of anilines is 1. The van der Waals surface area contributed by atoms with Crippen LogP contribution in [0.25, 0.3) is 0 Å². The molecule has 1 aromatic carbocycles. The lowest BCUT2D eigenvalue weighted by atomic mass is 10.2. The van der Waals surface area contributed by atoms with Gasteiger partial charge in [0, 0.05) is 23.7 Å². The number of carbonyl (C=O) groups excluding carboxylic acids is 2. The minimum absolute atomic E-state index is 0.283. The quantitative estimate of drug-likeness (QED) is 0.883. The lowest BCUT2D eigenvalue weighted by Crippen LogP contribution is -2.20. The number of amides is 1. The summed E-state index contributed by atoms with van der Waals surface area (Å²) in [7, 11) is 0. The molecule has 0 saturated heterocycles. The van der Waals surface area contributed by atoms with Crippen molar-refractivity contribution in [1.29, 1.82) is 0 Å². The molecule has 0 bridgehead atoms. The molecule has 0 aliphatic rings. The summed E-state index contributed by atoms with van der Waals surface area (Å²) in [5.74, 6) is -1.44. The first-order chi connectivity index (χ1) is 9.86. The molecule has 110 valence electrons. The number of nitrogens with one attached hydrogen (secondary N) is 1. The Bertz CT molecular complexity index is 712. The highest BCUT2D eigenvalue weighted by Gasteiger charge is 2.12. The summed E-state index contributed by atoms with van der Waals surface area (Å²) < 4.78 is 14.6. The third-order valence-electron chi connectivity index (χ3n) is 2.88. The van der Waals surface area contributed by atoms with Gasteiger partial charge >= 0.3 is 0 Å². The molecular formula is C14H13ClFN3O2. The van der Waals surface area contributed by atoms with Crippen LogP contribution in [0.15, 0.2) is 24.3 Å². The Labute approximate surface area is 125 Å². The van der Waals surface area contributed by atoms with Crippen LogP contribution < -0.4 is 5.32 Å². The Kier molecular flexibility index (Phi) is 4.37. The fourth-order valence-corrected chi connectivity index (χ4v) is 1.97. The van der Waals surface area contributed by atoms with E-state index >= 15 is 0 Å². The van der Waals surface area contributed by atoms with E-state index in [0.29, 0.717) is 17.1 Å². The maximum Gasteiger partial charge on any atom is 0.292 e. The van der Waals surface area contributed by atoms with Gasteiger partial charge in [-0.3, -0.25) is 14.3 Å². The Morgan fingerprint density at radius 2 is 2.10 bits per heavy atom. The SMILES string of the molecule is CC(=O)C(=O)Nc1cc(C)n(Cc2ccc(F)cc2Cl)n1. The topological polar surface area (TPSA) is 64.0 Å². The smallest absolute Gasteiger partial charge is 0.292 e. The largest absolute Gasteiger partial charge is 0.303 e. The Hall–Kier alpha value is -2.21. The number of nitrogens with zero attached hydrogens (tertiary/aromatic N) is 2. The van der Waals surface area contributed by atoms with Crippen molar-refractivity contribution in [3.05, 3.63) is 46.4 Å². The Balaban J connectivity index is 2.19. The number of aromatic nitrogens is 2. The van der Waals surface area contributed by atoms with E-state index in [9.17, 15) is 14.0 Å². The van der Waals surface area contributed by atoms with Crippen molar-refractivity contribution in [1.82, 2.24) is 9.78 Å². The molecule has 0 saturated carbocycles. The third-order valence-corrected chi connectivity index (χ3v) is 3.23. The normalized spacial score (nSPS) is 10.5. The van der Waals surface area contributed by atoms with E-state index in [1.54, 1.807) is 23.7 Å². The van der Waals surface area contributed by atoms with Crippen molar-refractivity contribution in [2.45, 2.75) is 20.4 Å². The summed E-state index contributed by atoms with van der Waals surface area (Å²) in [6, 6.07) is 5.76. The van der Waals surface area contributed by atoms with Crippen molar-refractivity contribution in [2.24, 2.45) is 0 Å². The van der Waals surface area contributed by atoms with E-state index < -0.39 is 17.5 Å². The van der Waals surface area contributed by atoms with Gasteiger partial charge in [0.2, 0.25) is 5.78 Å². The van der Waals surface area contributed by atoms with Gasteiger partial charge in [-0.1, -0.05) is 17.7 Å². The van der Waals surface area contributed by atoms with E-state index in [2.05, 4.69) is 10.4 Å². The fraction of sp³-hybridized carbons (Fsp3) is 0.214. The molecule has 0 spiro atoms. The van der Waals surface area contributed by atoms with Gasteiger partial charge in [0.05, 0.1) is 6.54 Å². The van der Waals surface area contributed by atoms with Crippen molar-refractivity contribution in [2.75, 3.05) is 5.32 Å². The van der Waals surface area contributed by atoms with Crippen molar-refractivity contribution in [3.63, 3.8) is 0 Å². The highest BCUT2D eigenvalue weighted by molar-refractivity contribution is 6.39. The average molecular weight is 310 g/mol. The van der Waals surface area contributed by atoms with Gasteiger partial charge in [0.1, 0.15) is 5.82 Å². The number of carbonyl (C=O) groups is 2. The minimum atomic E-state index is -0.723. The molecule has 0 radical (unpaired) electrons. The maximum atomic E-state index is 13.0. The third kappa shape index (κ3) is 3.66. The summed E-state index contributed by atoms with van der Waals surface area (Å²) in [4.78, 5) is 22.2. The zero-order valence-corrected chi connectivity index (χ0v) is 12.2. The molecule has 5 nitrogen and oxygen atoms in total. The zero-order chi connectivity index (χ0) is 15.6. The van der Waals surface area contributed by atoms with Gasteiger partial charge in [0.25, 0.3) is 5.91 Å². The number of Topliss-reactive ketones (excluding diaryl/α,β-unsaturated/α-hetero) is 1.